The Bertz CT molecular complexity index is 711. The molecule has 0 rings (SSSR count). The highest BCUT2D eigenvalue weighted by Gasteiger charge is 2.23. The highest BCUT2D eigenvalue weighted by molar-refractivity contribution is 5.97. The van der Waals surface area contributed by atoms with E-state index in [1.165, 1.54) is 13.8 Å². The average Bonchev–Trinajstić information content (AvgIpc) is 2.67. The predicted octanol–water partition coefficient (Wildman–Crippen LogP) is 2.87. The van der Waals surface area contributed by atoms with E-state index in [9.17, 15) is 19.2 Å². The Labute approximate surface area is 180 Å². The van der Waals surface area contributed by atoms with Gasteiger partial charge in [-0.15, -0.1) is 18.3 Å². The molecule has 7 heteroatoms. The molecule has 0 bridgehead atoms. The molecule has 7 nitrogen and oxygen atoms in total. The van der Waals surface area contributed by atoms with Gasteiger partial charge in [0.05, 0.1) is 25.7 Å². The van der Waals surface area contributed by atoms with E-state index in [1.54, 1.807) is 26.8 Å². The Kier molecular flexibility index (Phi) is 31.3. The lowest BCUT2D eigenvalue weighted by atomic mass is 10.0. The van der Waals surface area contributed by atoms with Crippen molar-refractivity contribution in [3.63, 3.8) is 0 Å². The number of nitrogens with zero attached hydrogens (tertiary/aromatic N) is 1. The minimum atomic E-state index is -0.907. The highest BCUT2D eigenvalue weighted by atomic mass is 16.5. The normalized spacial score (nSPS) is 8.17. The third-order valence-corrected chi connectivity index (χ3v) is 2.50. The maximum atomic E-state index is 11.0. The molecule has 0 saturated carbocycles. The number of hydrogen-bond acceptors (Lipinski definition) is 7. The van der Waals surface area contributed by atoms with Gasteiger partial charge in [-0.05, 0) is 60.3 Å². The second kappa shape index (κ2) is 27.7. The van der Waals surface area contributed by atoms with Gasteiger partial charge in [-0.2, -0.15) is 5.26 Å². The van der Waals surface area contributed by atoms with Crippen molar-refractivity contribution >= 4 is 23.5 Å². The van der Waals surface area contributed by atoms with Crippen LogP contribution in [0.4, 0.5) is 0 Å². The van der Waals surface area contributed by atoms with Crippen LogP contribution in [0.2, 0.25) is 0 Å². The van der Waals surface area contributed by atoms with Crippen molar-refractivity contribution in [2.45, 2.75) is 61.3 Å². The maximum Gasteiger partial charge on any atom is 0.317 e. The van der Waals surface area contributed by atoms with Crippen LogP contribution in [0.5, 0.6) is 0 Å². The molecule has 1 unspecified atom stereocenters. The molecular weight excluding hydrogens is 386 g/mol. The fraction of sp³-hybridized carbons (Fsp3) is 0.522. The van der Waals surface area contributed by atoms with Gasteiger partial charge in [0.2, 0.25) is 0 Å². The summed E-state index contributed by atoms with van der Waals surface area (Å²) >= 11 is 0. The second-order valence-corrected chi connectivity index (χ2v) is 4.98. The molecule has 1 atom stereocenters. The maximum absolute atomic E-state index is 11.0. The zero-order chi connectivity index (χ0) is 24.4. The summed E-state index contributed by atoms with van der Waals surface area (Å²) < 4.78 is 9.10. The van der Waals surface area contributed by atoms with Gasteiger partial charge >= 0.3 is 11.9 Å². The molecule has 0 fully saturated rings. The molecule has 30 heavy (non-hydrogen) atoms. The van der Waals surface area contributed by atoms with E-state index in [4.69, 9.17) is 11.7 Å². The van der Waals surface area contributed by atoms with Gasteiger partial charge in [-0.3, -0.25) is 19.2 Å². The second-order valence-electron chi connectivity index (χ2n) is 4.98. The van der Waals surface area contributed by atoms with Crippen molar-refractivity contribution in [3.05, 3.63) is 0 Å². The van der Waals surface area contributed by atoms with Crippen LogP contribution in [0.25, 0.3) is 0 Å². The van der Waals surface area contributed by atoms with E-state index < -0.39 is 17.9 Å². The molecule has 0 aliphatic carbocycles. The van der Waals surface area contributed by atoms with Crippen molar-refractivity contribution in [2.75, 3.05) is 13.2 Å². The lowest BCUT2D eigenvalue weighted by Gasteiger charge is -2.07. The van der Waals surface area contributed by atoms with Crippen LogP contribution in [-0.4, -0.2) is 36.7 Å². The molecule has 0 aliphatic rings. The van der Waals surface area contributed by atoms with E-state index in [-0.39, 0.29) is 31.0 Å². The Morgan fingerprint density at radius 3 is 1.67 bits per heavy atom. The molecule has 0 aromatic heterocycles. The van der Waals surface area contributed by atoms with E-state index >= 15 is 0 Å². The fourth-order valence-corrected chi connectivity index (χ4v) is 1.21. The number of ketones is 2. The van der Waals surface area contributed by atoms with Crippen LogP contribution in [0.15, 0.2) is 0 Å². The molecule has 0 aromatic carbocycles. The van der Waals surface area contributed by atoms with Crippen LogP contribution in [0.1, 0.15) is 61.3 Å². The Morgan fingerprint density at radius 1 is 0.933 bits per heavy atom. The fourth-order valence-electron chi connectivity index (χ4n) is 1.21. The zero-order valence-corrected chi connectivity index (χ0v) is 18.9. The smallest absolute Gasteiger partial charge is 0.317 e. The molecule has 0 amide bonds. The van der Waals surface area contributed by atoms with Crippen molar-refractivity contribution in [3.8, 4) is 42.1 Å². The summed E-state index contributed by atoms with van der Waals surface area (Å²) in [6.45, 7) is 11.9. The van der Waals surface area contributed by atoms with Crippen LogP contribution in [0, 0.1) is 53.3 Å². The number of carbonyl (C=O) groups excluding carboxylic acids is 4. The predicted molar refractivity (Wildman–Crippen MR) is 114 cm³/mol. The summed E-state index contributed by atoms with van der Waals surface area (Å²) in [6, 6.07) is 1.77. The van der Waals surface area contributed by atoms with E-state index in [1.807, 2.05) is 13.8 Å². The van der Waals surface area contributed by atoms with Crippen LogP contribution in [-0.2, 0) is 28.7 Å². The summed E-state index contributed by atoms with van der Waals surface area (Å²) in [4.78, 5) is 42.4. The topological polar surface area (TPSA) is 111 Å². The van der Waals surface area contributed by atoms with Gasteiger partial charge in [0.25, 0.3) is 0 Å². The lowest BCUT2D eigenvalue weighted by molar-refractivity contribution is -0.151. The lowest BCUT2D eigenvalue weighted by Crippen LogP contribution is -2.23. The average molecular weight is 418 g/mol. The standard InChI is InChI=1S/C8H11NO3.C6H10O3.C5H4.C4H6/c1-3-12-8(11)7(4-5-9)6(2)10;1-3-9-6(8)4-5(2)7;1-3-5-4-2;1-3-4-2/h7H,3-4H2,1-2H3;3-4H2,1-2H3;1H,2H3;1-2H3. The van der Waals surface area contributed by atoms with Crippen molar-refractivity contribution in [1.29, 1.82) is 5.26 Å². The number of Topliss-reactive ketones (excluding diaryl/α,β-unsaturated/α-hetero) is 2. The molecule has 0 heterocycles. The first-order chi connectivity index (χ1) is 14.1. The molecule has 0 spiro atoms. The Hall–Kier alpha value is -3.55. The van der Waals surface area contributed by atoms with Crippen LogP contribution < -0.4 is 0 Å². The largest absolute Gasteiger partial charge is 0.466 e. The number of carbonyl (C=O) groups is 4. The quantitative estimate of drug-likeness (QED) is 0.356. The Morgan fingerprint density at radius 2 is 1.43 bits per heavy atom. The first kappa shape index (κ1) is 34.0. The van der Waals surface area contributed by atoms with Crippen LogP contribution in [0.3, 0.4) is 0 Å². The SMILES string of the molecule is C#CC#CC.CC#CC.CCOC(=O)C(CC#N)C(C)=O.CCOC(=O)CC(C)=O. The van der Waals surface area contributed by atoms with Crippen molar-refractivity contribution < 1.29 is 28.7 Å². The minimum Gasteiger partial charge on any atom is -0.466 e. The van der Waals surface area contributed by atoms with Crippen molar-refractivity contribution in [2.24, 2.45) is 5.92 Å². The molecule has 164 valence electrons. The first-order valence-electron chi connectivity index (χ1n) is 9.02. The molecule has 0 saturated heterocycles. The molecule has 0 N–H and O–H groups in total. The monoisotopic (exact) mass is 417 g/mol. The van der Waals surface area contributed by atoms with E-state index in [0.717, 1.165) is 0 Å². The molecule has 0 radical (unpaired) electrons. The number of ether oxygens (including phenoxy) is 2. The highest BCUT2D eigenvalue weighted by Crippen LogP contribution is 2.06. The molecule has 0 aromatic rings. The third-order valence-electron chi connectivity index (χ3n) is 2.50. The van der Waals surface area contributed by atoms with Gasteiger partial charge in [0.1, 0.15) is 23.9 Å². The number of nitriles is 1. The number of terminal acetylenes is 1. The summed E-state index contributed by atoms with van der Waals surface area (Å²) in [5, 5.41) is 8.29. The zero-order valence-electron chi connectivity index (χ0n) is 18.9. The summed E-state index contributed by atoms with van der Waals surface area (Å²) in [5.41, 5.74) is 0. The van der Waals surface area contributed by atoms with E-state index in [2.05, 4.69) is 39.1 Å². The summed E-state index contributed by atoms with van der Waals surface area (Å²) in [6.07, 6.45) is 4.51. The number of hydrogen-bond donors (Lipinski definition) is 0. The van der Waals surface area contributed by atoms with Gasteiger partial charge in [-0.25, -0.2) is 0 Å². The van der Waals surface area contributed by atoms with Gasteiger partial charge < -0.3 is 9.47 Å². The first-order valence-corrected chi connectivity index (χ1v) is 9.02. The number of rotatable bonds is 7. The van der Waals surface area contributed by atoms with Crippen molar-refractivity contribution in [1.82, 2.24) is 0 Å². The summed E-state index contributed by atoms with van der Waals surface area (Å²) in [7, 11) is 0. The van der Waals surface area contributed by atoms with Gasteiger partial charge in [0, 0.05) is 0 Å². The van der Waals surface area contributed by atoms with Crippen LogP contribution >= 0.6 is 0 Å². The van der Waals surface area contributed by atoms with Gasteiger partial charge in [-0.1, -0.05) is 5.92 Å². The molecular formula is C23H31NO6. The van der Waals surface area contributed by atoms with E-state index in [0.29, 0.717) is 6.61 Å². The molecule has 0 aliphatic heterocycles. The third kappa shape index (κ3) is 32.1. The van der Waals surface area contributed by atoms with Gasteiger partial charge in [0.15, 0.2) is 0 Å². The minimum absolute atomic E-state index is 0.103. The Balaban J connectivity index is -0.000000165. The number of esters is 2. The summed E-state index contributed by atoms with van der Waals surface area (Å²) in [5.74, 6) is 10.0.